The van der Waals surface area contributed by atoms with Gasteiger partial charge in [0.2, 0.25) is 0 Å². The molecule has 0 aromatic heterocycles. The van der Waals surface area contributed by atoms with E-state index in [-0.39, 0.29) is 12.5 Å². The second-order valence-corrected chi connectivity index (χ2v) is 4.62. The summed E-state index contributed by atoms with van der Waals surface area (Å²) < 4.78 is 5.37. The minimum absolute atomic E-state index is 0.00423. The van der Waals surface area contributed by atoms with Gasteiger partial charge in [-0.15, -0.1) is 0 Å². The minimum atomic E-state index is -0.150. The van der Waals surface area contributed by atoms with E-state index >= 15 is 0 Å². The first-order chi connectivity index (χ1) is 9.63. The van der Waals surface area contributed by atoms with Crippen molar-refractivity contribution in [2.75, 3.05) is 12.3 Å². The molecule has 1 amide bonds. The summed E-state index contributed by atoms with van der Waals surface area (Å²) in [7, 11) is 0. The van der Waals surface area contributed by atoms with Crippen LogP contribution >= 0.6 is 0 Å². The number of aryl methyl sites for hydroxylation is 1. The minimum Gasteiger partial charge on any atom is -0.484 e. The van der Waals surface area contributed by atoms with Gasteiger partial charge in [-0.25, -0.2) is 0 Å². The Morgan fingerprint density at radius 1 is 1.20 bits per heavy atom. The Balaban J connectivity index is 1.77. The van der Waals surface area contributed by atoms with E-state index in [1.54, 1.807) is 24.3 Å². The third-order valence-corrected chi connectivity index (χ3v) is 2.82. The van der Waals surface area contributed by atoms with Crippen molar-refractivity contribution in [3.63, 3.8) is 0 Å². The number of anilines is 1. The van der Waals surface area contributed by atoms with Crippen LogP contribution in [-0.2, 0) is 11.3 Å². The van der Waals surface area contributed by atoms with E-state index in [2.05, 4.69) is 5.32 Å². The molecule has 0 radical (unpaired) electrons. The van der Waals surface area contributed by atoms with Gasteiger partial charge in [-0.05, 0) is 36.8 Å². The molecule has 4 nitrogen and oxygen atoms in total. The molecule has 2 aromatic rings. The third-order valence-electron chi connectivity index (χ3n) is 2.82. The molecule has 0 heterocycles. The van der Waals surface area contributed by atoms with Gasteiger partial charge in [-0.2, -0.15) is 0 Å². The van der Waals surface area contributed by atoms with Crippen LogP contribution in [0.4, 0.5) is 5.69 Å². The fourth-order valence-corrected chi connectivity index (χ4v) is 1.79. The van der Waals surface area contributed by atoms with Crippen LogP contribution in [0.15, 0.2) is 48.5 Å². The van der Waals surface area contributed by atoms with Crippen molar-refractivity contribution in [2.45, 2.75) is 13.5 Å². The highest BCUT2D eigenvalue weighted by Crippen LogP contribution is 2.12. The van der Waals surface area contributed by atoms with Crippen LogP contribution in [0.5, 0.6) is 5.75 Å². The smallest absolute Gasteiger partial charge is 0.258 e. The second kappa shape index (κ2) is 6.61. The topological polar surface area (TPSA) is 64.3 Å². The molecule has 104 valence electrons. The second-order valence-electron chi connectivity index (χ2n) is 4.62. The highest BCUT2D eigenvalue weighted by molar-refractivity contribution is 5.77. The molecule has 0 aliphatic carbocycles. The highest BCUT2D eigenvalue weighted by atomic mass is 16.5. The number of rotatable bonds is 5. The van der Waals surface area contributed by atoms with Crippen molar-refractivity contribution in [3.05, 3.63) is 59.7 Å². The van der Waals surface area contributed by atoms with Crippen molar-refractivity contribution in [1.29, 1.82) is 0 Å². The van der Waals surface area contributed by atoms with Crippen molar-refractivity contribution in [2.24, 2.45) is 0 Å². The molecule has 0 spiro atoms. The van der Waals surface area contributed by atoms with E-state index in [4.69, 9.17) is 10.5 Å². The van der Waals surface area contributed by atoms with Crippen molar-refractivity contribution < 1.29 is 9.53 Å². The summed E-state index contributed by atoms with van der Waals surface area (Å²) in [6.07, 6.45) is 0. The zero-order valence-corrected chi connectivity index (χ0v) is 11.4. The van der Waals surface area contributed by atoms with E-state index in [0.29, 0.717) is 18.0 Å². The summed E-state index contributed by atoms with van der Waals surface area (Å²) in [6.45, 7) is 2.52. The summed E-state index contributed by atoms with van der Waals surface area (Å²) in [5.41, 5.74) is 8.49. The molecule has 2 rings (SSSR count). The van der Waals surface area contributed by atoms with Gasteiger partial charge in [0, 0.05) is 12.2 Å². The first-order valence-electron chi connectivity index (χ1n) is 6.44. The van der Waals surface area contributed by atoms with Crippen LogP contribution in [0.1, 0.15) is 11.1 Å². The molecule has 4 heteroatoms. The van der Waals surface area contributed by atoms with Gasteiger partial charge in [0.25, 0.3) is 5.91 Å². The summed E-state index contributed by atoms with van der Waals surface area (Å²) in [5, 5.41) is 2.82. The number of nitrogens with two attached hydrogens (primary N) is 1. The maximum atomic E-state index is 11.7. The Kier molecular flexibility index (Phi) is 4.60. The van der Waals surface area contributed by atoms with Crippen LogP contribution in [0.2, 0.25) is 0 Å². The van der Waals surface area contributed by atoms with Gasteiger partial charge in [0.05, 0.1) is 0 Å². The van der Waals surface area contributed by atoms with Crippen LogP contribution in [0.3, 0.4) is 0 Å². The van der Waals surface area contributed by atoms with Crippen LogP contribution in [0.25, 0.3) is 0 Å². The lowest BCUT2D eigenvalue weighted by Crippen LogP contribution is -2.28. The van der Waals surface area contributed by atoms with Gasteiger partial charge in [-0.3, -0.25) is 4.79 Å². The maximum Gasteiger partial charge on any atom is 0.258 e. The Labute approximate surface area is 118 Å². The molecule has 2 aromatic carbocycles. The summed E-state index contributed by atoms with van der Waals surface area (Å²) >= 11 is 0. The number of hydrogen-bond acceptors (Lipinski definition) is 3. The summed E-state index contributed by atoms with van der Waals surface area (Å²) in [5.74, 6) is 0.480. The molecular formula is C16H18N2O2. The van der Waals surface area contributed by atoms with E-state index in [1.807, 2.05) is 31.2 Å². The van der Waals surface area contributed by atoms with Gasteiger partial charge in [-0.1, -0.05) is 29.8 Å². The lowest BCUT2D eigenvalue weighted by atomic mass is 10.1. The SMILES string of the molecule is Cc1cccc(CNC(=O)COc2ccc(N)cc2)c1. The fourth-order valence-electron chi connectivity index (χ4n) is 1.79. The van der Waals surface area contributed by atoms with Crippen LogP contribution < -0.4 is 15.8 Å². The first-order valence-corrected chi connectivity index (χ1v) is 6.44. The quantitative estimate of drug-likeness (QED) is 0.819. The Hall–Kier alpha value is -2.49. The van der Waals surface area contributed by atoms with Crippen molar-refractivity contribution in [1.82, 2.24) is 5.32 Å². The van der Waals surface area contributed by atoms with Gasteiger partial charge < -0.3 is 15.8 Å². The Morgan fingerprint density at radius 3 is 2.65 bits per heavy atom. The number of nitrogen functional groups attached to an aromatic ring is 1. The molecule has 0 bridgehead atoms. The number of nitrogens with one attached hydrogen (secondary N) is 1. The van der Waals surface area contributed by atoms with Crippen LogP contribution in [0, 0.1) is 6.92 Å². The number of amides is 1. The van der Waals surface area contributed by atoms with E-state index in [9.17, 15) is 4.79 Å². The lowest BCUT2D eigenvalue weighted by molar-refractivity contribution is -0.123. The summed E-state index contributed by atoms with van der Waals surface area (Å²) in [4.78, 5) is 11.7. The zero-order valence-electron chi connectivity index (χ0n) is 11.4. The number of ether oxygens (including phenoxy) is 1. The maximum absolute atomic E-state index is 11.7. The first kappa shape index (κ1) is 13.9. The molecule has 0 unspecified atom stereocenters. The molecule has 0 saturated heterocycles. The zero-order chi connectivity index (χ0) is 14.4. The predicted molar refractivity (Wildman–Crippen MR) is 79.4 cm³/mol. The molecule has 0 atom stereocenters. The monoisotopic (exact) mass is 270 g/mol. The normalized spacial score (nSPS) is 10.1. The van der Waals surface area contributed by atoms with E-state index in [0.717, 1.165) is 5.56 Å². The van der Waals surface area contributed by atoms with Crippen molar-refractivity contribution in [3.8, 4) is 5.75 Å². The predicted octanol–water partition coefficient (Wildman–Crippen LogP) is 2.27. The molecular weight excluding hydrogens is 252 g/mol. The van der Waals surface area contributed by atoms with Gasteiger partial charge >= 0.3 is 0 Å². The largest absolute Gasteiger partial charge is 0.484 e. The van der Waals surface area contributed by atoms with Crippen molar-refractivity contribution >= 4 is 11.6 Å². The molecule has 0 aliphatic heterocycles. The average Bonchev–Trinajstić information content (AvgIpc) is 2.45. The number of carbonyl (C=O) groups is 1. The molecule has 0 fully saturated rings. The van der Waals surface area contributed by atoms with Gasteiger partial charge in [0.1, 0.15) is 5.75 Å². The molecule has 0 aliphatic rings. The number of carbonyl (C=O) groups excluding carboxylic acids is 1. The van der Waals surface area contributed by atoms with E-state index in [1.165, 1.54) is 5.56 Å². The Bertz CT molecular complexity index is 579. The van der Waals surface area contributed by atoms with Gasteiger partial charge in [0.15, 0.2) is 6.61 Å². The molecule has 0 saturated carbocycles. The van der Waals surface area contributed by atoms with Crippen LogP contribution in [-0.4, -0.2) is 12.5 Å². The number of hydrogen-bond donors (Lipinski definition) is 2. The fraction of sp³-hybridized carbons (Fsp3) is 0.188. The molecule has 3 N–H and O–H groups in total. The summed E-state index contributed by atoms with van der Waals surface area (Å²) in [6, 6.07) is 15.0. The average molecular weight is 270 g/mol. The molecule has 20 heavy (non-hydrogen) atoms. The van der Waals surface area contributed by atoms with E-state index < -0.39 is 0 Å². The Morgan fingerprint density at radius 2 is 1.95 bits per heavy atom. The highest BCUT2D eigenvalue weighted by Gasteiger charge is 2.03. The lowest BCUT2D eigenvalue weighted by Gasteiger charge is -2.08. The third kappa shape index (κ3) is 4.31. The number of benzene rings is 2. The standard InChI is InChI=1S/C16H18N2O2/c1-12-3-2-4-13(9-12)10-18-16(19)11-20-15-7-5-14(17)6-8-15/h2-9H,10-11,17H2,1H3,(H,18,19).